The van der Waals surface area contributed by atoms with Gasteiger partial charge in [-0.1, -0.05) is 44.2 Å². The quantitative estimate of drug-likeness (QED) is 0.485. The lowest BCUT2D eigenvalue weighted by molar-refractivity contribution is -0.123. The third kappa shape index (κ3) is 8.41. The first kappa shape index (κ1) is 19.0. The Hall–Kier alpha value is -1.04. The minimum absolute atomic E-state index is 0.0500. The van der Waals surface area contributed by atoms with E-state index in [4.69, 9.17) is 4.74 Å². The van der Waals surface area contributed by atoms with E-state index in [9.17, 15) is 4.79 Å². The molecule has 1 amide bonds. The van der Waals surface area contributed by atoms with Crippen molar-refractivity contribution in [3.05, 3.63) is 35.9 Å². The van der Waals surface area contributed by atoms with E-state index < -0.39 is 0 Å². The van der Waals surface area contributed by atoms with Crippen molar-refractivity contribution in [3.63, 3.8) is 0 Å². The van der Waals surface area contributed by atoms with Crippen LogP contribution in [-0.2, 0) is 15.3 Å². The molecule has 5 heteroatoms. The molecule has 0 radical (unpaired) electrons. The van der Waals surface area contributed by atoms with Crippen molar-refractivity contribution in [2.45, 2.75) is 32.6 Å². The number of ether oxygens (including phenoxy) is 1. The zero-order valence-electron chi connectivity index (χ0n) is 13.8. The lowest BCUT2D eigenvalue weighted by Crippen LogP contribution is -2.47. The molecule has 0 aliphatic carbocycles. The molecule has 1 aromatic carbocycles. The smallest absolute Gasteiger partial charge is 0.238 e. The average molecular weight is 324 g/mol. The van der Waals surface area contributed by atoms with Crippen LogP contribution >= 0.6 is 11.8 Å². The molecule has 0 aromatic heterocycles. The molecule has 0 aliphatic rings. The number of benzene rings is 1. The van der Waals surface area contributed by atoms with Crippen LogP contribution in [0.25, 0.3) is 0 Å². The largest absolute Gasteiger partial charge is 0.367 e. The molecule has 0 bridgehead atoms. The van der Waals surface area contributed by atoms with Gasteiger partial charge in [-0.2, -0.15) is 11.8 Å². The molecular weight excluding hydrogens is 296 g/mol. The predicted octanol–water partition coefficient (Wildman–Crippen LogP) is 2.64. The second-order valence-corrected chi connectivity index (χ2v) is 6.56. The van der Waals surface area contributed by atoms with E-state index in [1.165, 1.54) is 5.56 Å². The molecule has 1 rings (SSSR count). The predicted molar refractivity (Wildman–Crippen MR) is 93.9 cm³/mol. The molecule has 22 heavy (non-hydrogen) atoms. The molecule has 1 aromatic rings. The van der Waals surface area contributed by atoms with Gasteiger partial charge in [0.05, 0.1) is 12.8 Å². The Morgan fingerprint density at radius 1 is 1.27 bits per heavy atom. The molecule has 0 aliphatic heterocycles. The maximum atomic E-state index is 12.2. The van der Waals surface area contributed by atoms with Gasteiger partial charge in [0.2, 0.25) is 5.91 Å². The highest BCUT2D eigenvalue weighted by molar-refractivity contribution is 7.98. The van der Waals surface area contributed by atoms with Crippen molar-refractivity contribution < 1.29 is 9.53 Å². The van der Waals surface area contributed by atoms with Gasteiger partial charge in [-0.05, 0) is 18.4 Å². The first-order valence-electron chi connectivity index (χ1n) is 7.84. The van der Waals surface area contributed by atoms with Gasteiger partial charge < -0.3 is 10.1 Å². The first-order valence-corrected chi connectivity index (χ1v) is 8.99. The van der Waals surface area contributed by atoms with Crippen molar-refractivity contribution in [3.8, 4) is 0 Å². The number of hydrogen-bond donors (Lipinski definition) is 2. The van der Waals surface area contributed by atoms with E-state index in [-0.39, 0.29) is 11.9 Å². The number of nitrogens with one attached hydrogen (secondary N) is 2. The molecule has 0 saturated carbocycles. The summed E-state index contributed by atoms with van der Waals surface area (Å²) in [7, 11) is 0. The van der Waals surface area contributed by atoms with Crippen LogP contribution in [0.2, 0.25) is 0 Å². The summed E-state index contributed by atoms with van der Waals surface area (Å²) >= 11 is 1.76. The molecule has 0 heterocycles. The summed E-state index contributed by atoms with van der Waals surface area (Å²) in [5.74, 6) is 2.14. The van der Waals surface area contributed by atoms with Crippen LogP contribution < -0.4 is 10.6 Å². The first-order chi connectivity index (χ1) is 10.6. The van der Waals surface area contributed by atoms with Crippen LogP contribution in [0.15, 0.2) is 30.3 Å². The van der Waals surface area contributed by atoms with Gasteiger partial charge in [0, 0.05) is 24.7 Å². The van der Waals surface area contributed by atoms with Crippen molar-refractivity contribution in [2.24, 2.45) is 5.92 Å². The Bertz CT molecular complexity index is 412. The van der Waals surface area contributed by atoms with Crippen molar-refractivity contribution >= 4 is 17.7 Å². The second kappa shape index (κ2) is 11.5. The SMILES string of the molecule is CCOCNC(CSCc1ccccc1)C(=O)NCC(C)C. The summed E-state index contributed by atoms with van der Waals surface area (Å²) in [5, 5.41) is 6.16. The summed E-state index contributed by atoms with van der Waals surface area (Å²) in [4.78, 5) is 12.2. The highest BCUT2D eigenvalue weighted by atomic mass is 32.2. The molecular formula is C17H28N2O2S. The van der Waals surface area contributed by atoms with Gasteiger partial charge in [0.1, 0.15) is 0 Å². The summed E-state index contributed by atoms with van der Waals surface area (Å²) in [5.41, 5.74) is 1.28. The molecule has 0 fully saturated rings. The maximum absolute atomic E-state index is 12.2. The van der Waals surface area contributed by atoms with Crippen molar-refractivity contribution in [1.82, 2.24) is 10.6 Å². The average Bonchev–Trinajstić information content (AvgIpc) is 2.52. The Labute approximate surface area is 138 Å². The zero-order valence-corrected chi connectivity index (χ0v) is 14.6. The maximum Gasteiger partial charge on any atom is 0.238 e. The molecule has 4 nitrogen and oxygen atoms in total. The fourth-order valence-electron chi connectivity index (χ4n) is 1.79. The number of rotatable bonds is 11. The molecule has 2 N–H and O–H groups in total. The van der Waals surface area contributed by atoms with Crippen LogP contribution in [0.5, 0.6) is 0 Å². The number of amides is 1. The van der Waals surface area contributed by atoms with E-state index in [0.29, 0.717) is 25.8 Å². The lowest BCUT2D eigenvalue weighted by Gasteiger charge is -2.19. The van der Waals surface area contributed by atoms with E-state index >= 15 is 0 Å². The van der Waals surface area contributed by atoms with Crippen molar-refractivity contribution in [1.29, 1.82) is 0 Å². The van der Waals surface area contributed by atoms with Gasteiger partial charge in [-0.25, -0.2) is 0 Å². The Kier molecular flexibility index (Phi) is 9.95. The fraction of sp³-hybridized carbons (Fsp3) is 0.588. The van der Waals surface area contributed by atoms with E-state index in [2.05, 4.69) is 36.6 Å². The zero-order chi connectivity index (χ0) is 16.2. The number of carbonyl (C=O) groups is 1. The topological polar surface area (TPSA) is 50.4 Å². The third-order valence-corrected chi connectivity index (χ3v) is 4.14. The summed E-state index contributed by atoms with van der Waals surface area (Å²) in [6.45, 7) is 7.88. The standard InChI is InChI=1S/C17H28N2O2S/c1-4-21-13-19-16(17(20)18-10-14(2)3)12-22-11-15-8-6-5-7-9-15/h5-9,14,16,19H,4,10-13H2,1-3H3,(H,18,20). The molecule has 124 valence electrons. The highest BCUT2D eigenvalue weighted by Crippen LogP contribution is 2.13. The van der Waals surface area contributed by atoms with Gasteiger partial charge in [-0.3, -0.25) is 10.1 Å². The molecule has 0 saturated heterocycles. The van der Waals surface area contributed by atoms with Crippen LogP contribution in [0.4, 0.5) is 0 Å². The minimum Gasteiger partial charge on any atom is -0.367 e. The summed E-state index contributed by atoms with van der Waals surface area (Å²) < 4.78 is 5.30. The Morgan fingerprint density at radius 3 is 2.64 bits per heavy atom. The van der Waals surface area contributed by atoms with Crippen molar-refractivity contribution in [2.75, 3.05) is 25.6 Å². The monoisotopic (exact) mass is 324 g/mol. The second-order valence-electron chi connectivity index (χ2n) is 5.53. The number of hydrogen-bond acceptors (Lipinski definition) is 4. The Morgan fingerprint density at radius 2 is 2.00 bits per heavy atom. The lowest BCUT2D eigenvalue weighted by atomic mass is 10.2. The van der Waals surface area contributed by atoms with Crippen LogP contribution in [0.3, 0.4) is 0 Å². The van der Waals surface area contributed by atoms with Gasteiger partial charge in [0.25, 0.3) is 0 Å². The molecule has 0 spiro atoms. The summed E-state index contributed by atoms with van der Waals surface area (Å²) in [6.07, 6.45) is 0. The van der Waals surface area contributed by atoms with Crippen LogP contribution in [0, 0.1) is 5.92 Å². The minimum atomic E-state index is -0.223. The van der Waals surface area contributed by atoms with Gasteiger partial charge in [-0.15, -0.1) is 0 Å². The number of carbonyl (C=O) groups excluding carboxylic acids is 1. The van der Waals surface area contributed by atoms with Gasteiger partial charge >= 0.3 is 0 Å². The normalized spacial score (nSPS) is 12.4. The van der Waals surface area contributed by atoms with Gasteiger partial charge in [0.15, 0.2) is 0 Å². The van der Waals surface area contributed by atoms with E-state index in [1.54, 1.807) is 11.8 Å². The Balaban J connectivity index is 2.40. The number of thioether (sulfide) groups is 1. The highest BCUT2D eigenvalue weighted by Gasteiger charge is 2.17. The summed E-state index contributed by atoms with van der Waals surface area (Å²) in [6, 6.07) is 10.1. The van der Waals surface area contributed by atoms with E-state index in [0.717, 1.165) is 11.5 Å². The van der Waals surface area contributed by atoms with Crippen LogP contribution in [-0.4, -0.2) is 37.6 Å². The molecule has 1 atom stereocenters. The van der Waals surface area contributed by atoms with Crippen LogP contribution in [0.1, 0.15) is 26.3 Å². The van der Waals surface area contributed by atoms with E-state index in [1.807, 2.05) is 25.1 Å². The molecule has 1 unspecified atom stereocenters. The fourth-order valence-corrected chi connectivity index (χ4v) is 2.84. The third-order valence-electron chi connectivity index (χ3n) is 3.03.